The molecular weight excluding hydrogens is 188 g/mol. The van der Waals surface area contributed by atoms with Gasteiger partial charge in [-0.2, -0.15) is 0 Å². The minimum atomic E-state index is -0.966. The normalized spacial score (nSPS) is 12.1. The van der Waals surface area contributed by atoms with Crippen molar-refractivity contribution in [1.29, 1.82) is 0 Å². The first-order valence-electron chi connectivity index (χ1n) is 5.08. The summed E-state index contributed by atoms with van der Waals surface area (Å²) in [6.45, 7) is 7.81. The predicted molar refractivity (Wildman–Crippen MR) is 61.8 cm³/mol. The molecule has 0 heterocycles. The summed E-state index contributed by atoms with van der Waals surface area (Å²) in [5.74, 6) is -0.455. The zero-order valence-corrected chi connectivity index (χ0v) is 9.16. The fourth-order valence-electron chi connectivity index (χ4n) is 1.37. The van der Waals surface area contributed by atoms with Crippen molar-refractivity contribution in [2.45, 2.75) is 26.2 Å². The topological polar surface area (TPSA) is 37.3 Å². The molecule has 1 unspecified atom stereocenters. The van der Waals surface area contributed by atoms with Gasteiger partial charge in [-0.3, -0.25) is 0 Å². The summed E-state index contributed by atoms with van der Waals surface area (Å²) in [6.07, 6.45) is 1.08. The minimum Gasteiger partial charge on any atom is -0.478 e. The third-order valence-corrected chi connectivity index (χ3v) is 2.70. The molecule has 0 aromatic heterocycles. The molecule has 15 heavy (non-hydrogen) atoms. The Hall–Kier alpha value is -1.57. The molecule has 2 nitrogen and oxygen atoms in total. The maximum Gasteiger partial charge on any atom is 0.335 e. The van der Waals surface area contributed by atoms with Gasteiger partial charge in [0.25, 0.3) is 0 Å². The number of benzene rings is 1. The molecule has 0 bridgehead atoms. The van der Waals surface area contributed by atoms with Gasteiger partial charge in [0, 0.05) is 0 Å². The Morgan fingerprint density at radius 1 is 1.40 bits per heavy atom. The van der Waals surface area contributed by atoms with E-state index < -0.39 is 5.97 Å². The van der Waals surface area contributed by atoms with Crippen molar-refractivity contribution >= 4 is 11.5 Å². The highest BCUT2D eigenvalue weighted by atomic mass is 16.4. The third kappa shape index (κ3) is 2.69. The average Bonchev–Trinajstić information content (AvgIpc) is 2.27. The fourth-order valence-corrected chi connectivity index (χ4v) is 1.37. The molecular formula is C13H16O2. The van der Waals surface area contributed by atoms with E-state index in [2.05, 4.69) is 20.4 Å². The van der Waals surface area contributed by atoms with E-state index in [1.807, 2.05) is 24.3 Å². The first-order chi connectivity index (χ1) is 7.06. The average molecular weight is 204 g/mol. The number of carbonyl (C=O) groups is 1. The van der Waals surface area contributed by atoms with E-state index in [0.717, 1.165) is 6.42 Å². The lowest BCUT2D eigenvalue weighted by Gasteiger charge is -2.09. The number of rotatable bonds is 4. The molecule has 80 valence electrons. The first-order valence-corrected chi connectivity index (χ1v) is 5.08. The quantitative estimate of drug-likeness (QED) is 0.764. The smallest absolute Gasteiger partial charge is 0.335 e. The van der Waals surface area contributed by atoms with Crippen LogP contribution in [0.25, 0.3) is 5.57 Å². The van der Waals surface area contributed by atoms with E-state index in [-0.39, 0.29) is 5.57 Å². The van der Waals surface area contributed by atoms with Crippen molar-refractivity contribution in [2.24, 2.45) is 0 Å². The lowest BCUT2D eigenvalue weighted by molar-refractivity contribution is -0.130. The monoisotopic (exact) mass is 204 g/mol. The second-order valence-electron chi connectivity index (χ2n) is 3.72. The Morgan fingerprint density at radius 2 is 1.93 bits per heavy atom. The standard InChI is InChI=1S/C13H16O2/c1-4-9(2)11-5-7-12(8-6-11)10(3)13(14)15/h5-9H,3-4H2,1-2H3,(H,14,15). The molecule has 0 aliphatic rings. The van der Waals surface area contributed by atoms with Crippen molar-refractivity contribution in [3.05, 3.63) is 42.0 Å². The molecule has 0 radical (unpaired) electrons. The maximum atomic E-state index is 10.7. The van der Waals surface area contributed by atoms with Crippen molar-refractivity contribution in [3.63, 3.8) is 0 Å². The van der Waals surface area contributed by atoms with Gasteiger partial charge in [-0.25, -0.2) is 4.79 Å². The first kappa shape index (κ1) is 11.5. The molecule has 0 saturated carbocycles. The SMILES string of the molecule is C=C(C(=O)O)c1ccc(C(C)CC)cc1. The van der Waals surface area contributed by atoms with Crippen LogP contribution in [0.1, 0.15) is 37.3 Å². The maximum absolute atomic E-state index is 10.7. The van der Waals surface area contributed by atoms with Crippen LogP contribution in [-0.4, -0.2) is 11.1 Å². The Balaban J connectivity index is 2.90. The summed E-state index contributed by atoms with van der Waals surface area (Å²) in [4.78, 5) is 10.7. The largest absolute Gasteiger partial charge is 0.478 e. The second-order valence-corrected chi connectivity index (χ2v) is 3.72. The lowest BCUT2D eigenvalue weighted by atomic mass is 9.96. The molecule has 0 aliphatic heterocycles. The van der Waals surface area contributed by atoms with Gasteiger partial charge in [-0.15, -0.1) is 0 Å². The molecule has 0 spiro atoms. The fraction of sp³-hybridized carbons (Fsp3) is 0.308. The summed E-state index contributed by atoms with van der Waals surface area (Å²) in [5, 5.41) is 8.76. The highest BCUT2D eigenvalue weighted by molar-refractivity contribution is 6.14. The molecule has 0 amide bonds. The van der Waals surface area contributed by atoms with Crippen molar-refractivity contribution < 1.29 is 9.90 Å². The number of aliphatic carboxylic acids is 1. The second kappa shape index (κ2) is 4.78. The number of carboxylic acid groups (broad SMARTS) is 1. The van der Waals surface area contributed by atoms with Gasteiger partial charge >= 0.3 is 5.97 Å². The summed E-state index contributed by atoms with van der Waals surface area (Å²) in [7, 11) is 0. The molecule has 0 aliphatic carbocycles. The third-order valence-electron chi connectivity index (χ3n) is 2.70. The van der Waals surface area contributed by atoms with Crippen molar-refractivity contribution in [1.82, 2.24) is 0 Å². The summed E-state index contributed by atoms with van der Waals surface area (Å²) in [5.41, 5.74) is 2.06. The van der Waals surface area contributed by atoms with E-state index in [9.17, 15) is 4.79 Å². The van der Waals surface area contributed by atoms with E-state index in [1.165, 1.54) is 5.56 Å². The van der Waals surface area contributed by atoms with E-state index in [0.29, 0.717) is 11.5 Å². The van der Waals surface area contributed by atoms with Gasteiger partial charge in [-0.05, 0) is 23.5 Å². The summed E-state index contributed by atoms with van der Waals surface area (Å²) >= 11 is 0. The Labute approximate surface area is 90.3 Å². The van der Waals surface area contributed by atoms with Crippen molar-refractivity contribution in [3.8, 4) is 0 Å². The molecule has 1 N–H and O–H groups in total. The number of hydrogen-bond donors (Lipinski definition) is 1. The van der Waals surface area contributed by atoms with E-state index in [1.54, 1.807) is 0 Å². The lowest BCUT2D eigenvalue weighted by Crippen LogP contribution is -1.98. The highest BCUT2D eigenvalue weighted by Crippen LogP contribution is 2.21. The van der Waals surface area contributed by atoms with Crippen LogP contribution in [0.15, 0.2) is 30.8 Å². The van der Waals surface area contributed by atoms with Crippen LogP contribution in [0, 0.1) is 0 Å². The molecule has 1 aromatic carbocycles. The highest BCUT2D eigenvalue weighted by Gasteiger charge is 2.08. The molecule has 0 fully saturated rings. The van der Waals surface area contributed by atoms with Crippen LogP contribution in [-0.2, 0) is 4.79 Å². The van der Waals surface area contributed by atoms with Crippen LogP contribution in [0.2, 0.25) is 0 Å². The van der Waals surface area contributed by atoms with E-state index in [4.69, 9.17) is 5.11 Å². The Kier molecular flexibility index (Phi) is 3.67. The molecule has 2 heteroatoms. The van der Waals surface area contributed by atoms with Gasteiger partial charge in [0.05, 0.1) is 5.57 Å². The van der Waals surface area contributed by atoms with Crippen LogP contribution < -0.4 is 0 Å². The molecule has 1 atom stereocenters. The zero-order chi connectivity index (χ0) is 11.4. The Bertz CT molecular complexity index is 363. The number of carboxylic acids is 1. The summed E-state index contributed by atoms with van der Waals surface area (Å²) in [6, 6.07) is 7.57. The minimum absolute atomic E-state index is 0.144. The Morgan fingerprint density at radius 3 is 2.33 bits per heavy atom. The van der Waals surface area contributed by atoms with Crippen molar-refractivity contribution in [2.75, 3.05) is 0 Å². The molecule has 0 saturated heterocycles. The van der Waals surface area contributed by atoms with Crippen LogP contribution in [0.3, 0.4) is 0 Å². The van der Waals surface area contributed by atoms with Gasteiger partial charge in [0.15, 0.2) is 0 Å². The van der Waals surface area contributed by atoms with Gasteiger partial charge in [0.1, 0.15) is 0 Å². The van der Waals surface area contributed by atoms with Gasteiger partial charge in [0.2, 0.25) is 0 Å². The van der Waals surface area contributed by atoms with Gasteiger partial charge in [-0.1, -0.05) is 44.7 Å². The molecule has 1 rings (SSSR count). The number of hydrogen-bond acceptors (Lipinski definition) is 1. The van der Waals surface area contributed by atoms with Crippen LogP contribution >= 0.6 is 0 Å². The van der Waals surface area contributed by atoms with E-state index >= 15 is 0 Å². The predicted octanol–water partition coefficient (Wildman–Crippen LogP) is 3.30. The van der Waals surface area contributed by atoms with Crippen LogP contribution in [0.4, 0.5) is 0 Å². The zero-order valence-electron chi connectivity index (χ0n) is 9.16. The summed E-state index contributed by atoms with van der Waals surface area (Å²) < 4.78 is 0. The van der Waals surface area contributed by atoms with Gasteiger partial charge < -0.3 is 5.11 Å². The molecule has 1 aromatic rings. The van der Waals surface area contributed by atoms with Crippen LogP contribution in [0.5, 0.6) is 0 Å².